The van der Waals surface area contributed by atoms with Crippen molar-refractivity contribution in [1.82, 2.24) is 4.90 Å². The van der Waals surface area contributed by atoms with Crippen LogP contribution in [0.2, 0.25) is 0 Å². The molecule has 0 atom stereocenters. The van der Waals surface area contributed by atoms with Crippen LogP contribution in [0.5, 0.6) is 0 Å². The SMILES string of the molecule is N#CCCN(CCC#N)C(=O)COC(=O)c1oc2ccccc2c1CSCc1ccccc1. The van der Waals surface area contributed by atoms with Crippen molar-refractivity contribution in [3.63, 3.8) is 0 Å². The number of hydrogen-bond donors (Lipinski definition) is 0. The summed E-state index contributed by atoms with van der Waals surface area (Å²) >= 11 is 1.65. The van der Waals surface area contributed by atoms with Crippen molar-refractivity contribution in [3.8, 4) is 12.1 Å². The molecule has 3 aromatic rings. The Labute approximate surface area is 196 Å². The maximum atomic E-state index is 12.8. The Hall–Kier alpha value is -3.75. The van der Waals surface area contributed by atoms with Crippen molar-refractivity contribution in [1.29, 1.82) is 10.5 Å². The monoisotopic (exact) mass is 461 g/mol. The van der Waals surface area contributed by atoms with Gasteiger partial charge >= 0.3 is 5.97 Å². The molecule has 0 aliphatic carbocycles. The molecule has 0 unspecified atom stereocenters. The number of furan rings is 1. The van der Waals surface area contributed by atoms with Crippen molar-refractivity contribution >= 4 is 34.6 Å². The Kier molecular flexibility index (Phi) is 8.93. The first-order valence-electron chi connectivity index (χ1n) is 10.4. The van der Waals surface area contributed by atoms with E-state index < -0.39 is 18.5 Å². The van der Waals surface area contributed by atoms with Crippen molar-refractivity contribution < 1.29 is 18.7 Å². The van der Waals surface area contributed by atoms with Crippen LogP contribution in [0, 0.1) is 22.7 Å². The largest absolute Gasteiger partial charge is 0.450 e. The third-order valence-corrected chi connectivity index (χ3v) is 5.94. The topological polar surface area (TPSA) is 107 Å². The smallest absolute Gasteiger partial charge is 0.375 e. The van der Waals surface area contributed by atoms with Crippen LogP contribution < -0.4 is 0 Å². The zero-order valence-electron chi connectivity index (χ0n) is 18.0. The molecule has 0 saturated heterocycles. The highest BCUT2D eigenvalue weighted by Gasteiger charge is 2.23. The number of benzene rings is 2. The number of thioether (sulfide) groups is 1. The fourth-order valence-corrected chi connectivity index (χ4v) is 4.29. The number of nitriles is 2. The van der Waals surface area contributed by atoms with Gasteiger partial charge in [0.05, 0.1) is 25.0 Å². The number of esters is 1. The van der Waals surface area contributed by atoms with Crippen LogP contribution in [0.3, 0.4) is 0 Å². The number of nitrogens with zero attached hydrogens (tertiary/aromatic N) is 3. The van der Waals surface area contributed by atoms with Crippen LogP contribution in [0.25, 0.3) is 11.0 Å². The van der Waals surface area contributed by atoms with Gasteiger partial charge < -0.3 is 14.1 Å². The fraction of sp³-hybridized carbons (Fsp3) is 0.280. The highest BCUT2D eigenvalue weighted by atomic mass is 32.2. The Balaban J connectivity index is 1.69. The summed E-state index contributed by atoms with van der Waals surface area (Å²) in [6, 6.07) is 21.4. The summed E-state index contributed by atoms with van der Waals surface area (Å²) in [5.74, 6) is 0.242. The van der Waals surface area contributed by atoms with Crippen LogP contribution in [0.4, 0.5) is 0 Å². The van der Waals surface area contributed by atoms with E-state index in [1.807, 2.05) is 60.7 Å². The maximum Gasteiger partial charge on any atom is 0.375 e. The molecule has 0 radical (unpaired) electrons. The molecule has 0 fully saturated rings. The minimum absolute atomic E-state index is 0.0881. The van der Waals surface area contributed by atoms with E-state index in [0.717, 1.165) is 16.7 Å². The number of hydrogen-bond acceptors (Lipinski definition) is 7. The number of carbonyl (C=O) groups is 2. The minimum atomic E-state index is -0.713. The first kappa shape index (κ1) is 23.9. The lowest BCUT2D eigenvalue weighted by molar-refractivity contribution is -0.134. The third kappa shape index (κ3) is 6.61. The quantitative estimate of drug-likeness (QED) is 0.382. The van der Waals surface area contributed by atoms with E-state index in [9.17, 15) is 9.59 Å². The van der Waals surface area contributed by atoms with E-state index in [0.29, 0.717) is 11.3 Å². The fourth-order valence-electron chi connectivity index (χ4n) is 3.27. The maximum absolute atomic E-state index is 12.8. The number of para-hydroxylation sites is 1. The molecular formula is C25H23N3O4S. The summed E-state index contributed by atoms with van der Waals surface area (Å²) in [6.45, 7) is -0.121. The average Bonchev–Trinajstić information content (AvgIpc) is 3.22. The molecule has 3 rings (SSSR count). The molecule has 1 aromatic heterocycles. The summed E-state index contributed by atoms with van der Waals surface area (Å²) in [7, 11) is 0. The van der Waals surface area contributed by atoms with E-state index in [2.05, 4.69) is 0 Å². The lowest BCUT2D eigenvalue weighted by Gasteiger charge is -2.19. The average molecular weight is 462 g/mol. The van der Waals surface area contributed by atoms with Gasteiger partial charge in [-0.15, -0.1) is 0 Å². The normalized spacial score (nSPS) is 10.4. The molecular weight excluding hydrogens is 438 g/mol. The molecule has 0 aliphatic heterocycles. The first-order chi connectivity index (χ1) is 16.1. The second kappa shape index (κ2) is 12.3. The highest BCUT2D eigenvalue weighted by molar-refractivity contribution is 7.97. The van der Waals surface area contributed by atoms with E-state index in [4.69, 9.17) is 19.7 Å². The molecule has 0 bridgehead atoms. The standard InChI is InChI=1S/C25H23N3O4S/c26-12-6-14-28(15-7-13-27)23(29)16-31-25(30)24-21(20-10-4-5-11-22(20)32-24)18-33-17-19-8-2-1-3-9-19/h1-5,8-11H,6-7,14-18H2. The predicted octanol–water partition coefficient (Wildman–Crippen LogP) is 4.68. The van der Waals surface area contributed by atoms with Gasteiger partial charge in [-0.2, -0.15) is 22.3 Å². The lowest BCUT2D eigenvalue weighted by atomic mass is 10.1. The molecule has 7 nitrogen and oxygen atoms in total. The number of ether oxygens (including phenoxy) is 1. The molecule has 0 saturated carbocycles. The molecule has 8 heteroatoms. The highest BCUT2D eigenvalue weighted by Crippen LogP contribution is 2.31. The lowest BCUT2D eigenvalue weighted by Crippen LogP contribution is -2.36. The van der Waals surface area contributed by atoms with Crippen LogP contribution in [-0.4, -0.2) is 36.5 Å². The zero-order chi connectivity index (χ0) is 23.5. The van der Waals surface area contributed by atoms with E-state index in [1.54, 1.807) is 17.8 Å². The Morgan fingerprint density at radius 1 is 0.939 bits per heavy atom. The van der Waals surface area contributed by atoms with Crippen molar-refractivity contribution in [3.05, 3.63) is 71.5 Å². The van der Waals surface area contributed by atoms with E-state index in [-0.39, 0.29) is 31.7 Å². The van der Waals surface area contributed by atoms with Crippen LogP contribution >= 0.6 is 11.8 Å². The van der Waals surface area contributed by atoms with Crippen molar-refractivity contribution in [2.24, 2.45) is 0 Å². The van der Waals surface area contributed by atoms with Crippen molar-refractivity contribution in [2.75, 3.05) is 19.7 Å². The van der Waals surface area contributed by atoms with E-state index >= 15 is 0 Å². The van der Waals surface area contributed by atoms with Gasteiger partial charge in [0.2, 0.25) is 5.76 Å². The van der Waals surface area contributed by atoms with Gasteiger partial charge in [0.25, 0.3) is 5.91 Å². The van der Waals surface area contributed by atoms with Gasteiger partial charge in [-0.05, 0) is 11.6 Å². The van der Waals surface area contributed by atoms with Gasteiger partial charge in [-0.3, -0.25) is 4.79 Å². The van der Waals surface area contributed by atoms with Crippen LogP contribution in [0.15, 0.2) is 59.0 Å². The van der Waals surface area contributed by atoms with Gasteiger partial charge in [0.15, 0.2) is 6.61 Å². The summed E-state index contributed by atoms with van der Waals surface area (Å²) in [5, 5.41) is 18.4. The molecule has 1 amide bonds. The number of carbonyl (C=O) groups excluding carboxylic acids is 2. The summed E-state index contributed by atoms with van der Waals surface area (Å²) in [6.07, 6.45) is 0.273. The molecule has 0 N–H and O–H groups in total. The second-order valence-corrected chi connectivity index (χ2v) is 8.14. The Bertz CT molecular complexity index is 1160. The molecule has 1 heterocycles. The Morgan fingerprint density at radius 3 is 2.30 bits per heavy atom. The third-order valence-electron chi connectivity index (χ3n) is 4.91. The summed E-state index contributed by atoms with van der Waals surface area (Å²) < 4.78 is 11.1. The van der Waals surface area contributed by atoms with Gasteiger partial charge in [0, 0.05) is 35.5 Å². The molecule has 168 valence electrons. The van der Waals surface area contributed by atoms with Gasteiger partial charge in [-0.1, -0.05) is 48.5 Å². The molecule has 0 aliphatic rings. The predicted molar refractivity (Wildman–Crippen MR) is 125 cm³/mol. The molecule has 0 spiro atoms. The minimum Gasteiger partial charge on any atom is -0.450 e. The van der Waals surface area contributed by atoms with Crippen LogP contribution in [-0.2, 0) is 21.0 Å². The van der Waals surface area contributed by atoms with Crippen LogP contribution in [0.1, 0.15) is 34.5 Å². The Morgan fingerprint density at radius 2 is 1.61 bits per heavy atom. The van der Waals surface area contributed by atoms with Gasteiger partial charge in [0.1, 0.15) is 5.58 Å². The van der Waals surface area contributed by atoms with E-state index in [1.165, 1.54) is 10.5 Å². The first-order valence-corrected chi connectivity index (χ1v) is 11.6. The number of amides is 1. The number of fused-ring (bicyclic) bond motifs is 1. The van der Waals surface area contributed by atoms with Gasteiger partial charge in [-0.25, -0.2) is 4.79 Å². The molecule has 2 aromatic carbocycles. The van der Waals surface area contributed by atoms with Crippen molar-refractivity contribution in [2.45, 2.75) is 24.3 Å². The second-order valence-electron chi connectivity index (χ2n) is 7.16. The number of rotatable bonds is 11. The summed E-state index contributed by atoms with van der Waals surface area (Å²) in [5.41, 5.74) is 2.49. The summed E-state index contributed by atoms with van der Waals surface area (Å²) in [4.78, 5) is 26.7. The molecule has 33 heavy (non-hydrogen) atoms. The zero-order valence-corrected chi connectivity index (χ0v) is 18.8.